The van der Waals surface area contributed by atoms with Gasteiger partial charge in [-0.25, -0.2) is 0 Å². The van der Waals surface area contributed by atoms with E-state index in [-0.39, 0.29) is 5.41 Å². The number of para-hydroxylation sites is 5. The lowest BCUT2D eigenvalue weighted by molar-refractivity contribution is 0.476. The van der Waals surface area contributed by atoms with Gasteiger partial charge in [-0.3, -0.25) is 4.90 Å². The Bertz CT molecular complexity index is 1370. The van der Waals surface area contributed by atoms with Crippen molar-refractivity contribution in [2.24, 2.45) is 0 Å². The summed E-state index contributed by atoms with van der Waals surface area (Å²) in [5.74, 6) is 1.79. The van der Waals surface area contributed by atoms with Crippen LogP contribution in [0.3, 0.4) is 0 Å². The maximum Gasteiger partial charge on any atom is 0.153 e. The van der Waals surface area contributed by atoms with E-state index in [4.69, 9.17) is 4.74 Å². The van der Waals surface area contributed by atoms with E-state index in [2.05, 4.69) is 96.4 Å². The van der Waals surface area contributed by atoms with Gasteiger partial charge in [-0.05, 0) is 47.5 Å². The lowest BCUT2D eigenvalue weighted by Gasteiger charge is -2.49. The Balaban J connectivity index is 1.65. The molecule has 0 aliphatic carbocycles. The van der Waals surface area contributed by atoms with Crippen LogP contribution in [0.1, 0.15) is 25.0 Å². The predicted molar refractivity (Wildman–Crippen MR) is 122 cm³/mol. The quantitative estimate of drug-likeness (QED) is 0.265. The fourth-order valence-corrected chi connectivity index (χ4v) is 5.38. The third-order valence-electron chi connectivity index (χ3n) is 6.74. The second-order valence-corrected chi connectivity index (χ2v) is 8.68. The molecule has 3 heterocycles. The maximum atomic E-state index is 6.34. The Morgan fingerprint density at radius 1 is 0.533 bits per heavy atom. The largest absolute Gasteiger partial charge is 0.453 e. The number of hydrogen-bond acceptors (Lipinski definition) is 3. The number of benzene rings is 4. The summed E-state index contributed by atoms with van der Waals surface area (Å²) in [7, 11) is 0. The van der Waals surface area contributed by atoms with E-state index in [1.54, 1.807) is 0 Å². The van der Waals surface area contributed by atoms with Gasteiger partial charge in [0.2, 0.25) is 0 Å². The van der Waals surface area contributed by atoms with Crippen LogP contribution in [0, 0.1) is 0 Å². The molecule has 3 aliphatic rings. The summed E-state index contributed by atoms with van der Waals surface area (Å²) in [6.07, 6.45) is 0. The first-order chi connectivity index (χ1) is 14.7. The van der Waals surface area contributed by atoms with Gasteiger partial charge in [-0.15, -0.1) is 0 Å². The summed E-state index contributed by atoms with van der Waals surface area (Å²) < 4.78 is 6.34. The highest BCUT2D eigenvalue weighted by Gasteiger charge is 2.44. The van der Waals surface area contributed by atoms with Crippen molar-refractivity contribution in [3.05, 3.63) is 96.1 Å². The molecule has 0 aromatic heterocycles. The van der Waals surface area contributed by atoms with E-state index in [0.29, 0.717) is 0 Å². The number of rotatable bonds is 0. The third-order valence-corrected chi connectivity index (χ3v) is 6.74. The highest BCUT2D eigenvalue weighted by atomic mass is 16.5. The van der Waals surface area contributed by atoms with Crippen LogP contribution in [-0.4, -0.2) is 0 Å². The van der Waals surface area contributed by atoms with Crippen molar-refractivity contribution in [1.82, 2.24) is 0 Å². The Labute approximate surface area is 175 Å². The molecule has 7 rings (SSSR count). The van der Waals surface area contributed by atoms with Gasteiger partial charge < -0.3 is 9.64 Å². The Hall–Kier alpha value is -3.72. The van der Waals surface area contributed by atoms with Gasteiger partial charge in [0, 0.05) is 5.41 Å². The minimum Gasteiger partial charge on any atom is -0.453 e. The fraction of sp³-hybridized carbons (Fsp3) is 0.111. The monoisotopic (exact) mass is 388 g/mol. The molecule has 0 radical (unpaired) electrons. The standard InChI is InChI=1S/C27H20N2O/c1-27(2)17-9-3-4-11-19(17)28-22-14-8-16-24-26(22)29(20-12-5-6-15-23(20)30-24)21-13-7-10-18(27)25(21)28/h3-16H,1-2H3. The molecule has 0 amide bonds. The molecule has 4 aromatic rings. The van der Waals surface area contributed by atoms with Crippen LogP contribution in [0.15, 0.2) is 84.9 Å². The van der Waals surface area contributed by atoms with E-state index in [1.807, 2.05) is 12.1 Å². The predicted octanol–water partition coefficient (Wildman–Crippen LogP) is 7.68. The molecule has 30 heavy (non-hydrogen) atoms. The molecule has 0 spiro atoms. The number of ether oxygens (including phenoxy) is 1. The normalized spacial score (nSPS) is 16.1. The van der Waals surface area contributed by atoms with Gasteiger partial charge in [0.1, 0.15) is 5.69 Å². The first-order valence-corrected chi connectivity index (χ1v) is 10.4. The van der Waals surface area contributed by atoms with Crippen LogP contribution in [-0.2, 0) is 5.41 Å². The summed E-state index contributed by atoms with van der Waals surface area (Å²) in [5.41, 5.74) is 9.67. The number of anilines is 6. The minimum atomic E-state index is -0.0840. The number of fused-ring (bicyclic) bond motifs is 6. The zero-order valence-corrected chi connectivity index (χ0v) is 16.9. The molecular weight excluding hydrogens is 368 g/mol. The molecule has 0 saturated heterocycles. The van der Waals surface area contributed by atoms with Crippen molar-refractivity contribution >= 4 is 34.1 Å². The van der Waals surface area contributed by atoms with Crippen molar-refractivity contribution in [3.63, 3.8) is 0 Å². The van der Waals surface area contributed by atoms with Gasteiger partial charge in [0.05, 0.1) is 28.4 Å². The zero-order chi connectivity index (χ0) is 20.0. The van der Waals surface area contributed by atoms with Gasteiger partial charge in [0.25, 0.3) is 0 Å². The van der Waals surface area contributed by atoms with Gasteiger partial charge >= 0.3 is 0 Å². The summed E-state index contributed by atoms with van der Waals surface area (Å²) in [6, 6.07) is 30.2. The molecule has 0 N–H and O–H groups in total. The summed E-state index contributed by atoms with van der Waals surface area (Å²) in [6.45, 7) is 4.66. The Morgan fingerprint density at radius 3 is 1.97 bits per heavy atom. The second-order valence-electron chi connectivity index (χ2n) is 8.68. The van der Waals surface area contributed by atoms with Crippen LogP contribution in [0.2, 0.25) is 0 Å². The smallest absolute Gasteiger partial charge is 0.153 e. The van der Waals surface area contributed by atoms with Gasteiger partial charge in [0.15, 0.2) is 11.5 Å². The van der Waals surface area contributed by atoms with E-state index < -0.39 is 0 Å². The van der Waals surface area contributed by atoms with E-state index in [1.165, 1.54) is 28.2 Å². The molecule has 0 bridgehead atoms. The summed E-state index contributed by atoms with van der Waals surface area (Å²) in [5, 5.41) is 0. The zero-order valence-electron chi connectivity index (χ0n) is 16.9. The van der Waals surface area contributed by atoms with Gasteiger partial charge in [-0.2, -0.15) is 0 Å². The van der Waals surface area contributed by atoms with Crippen molar-refractivity contribution in [2.75, 3.05) is 9.80 Å². The number of hydrogen-bond donors (Lipinski definition) is 0. The average molecular weight is 388 g/mol. The van der Waals surface area contributed by atoms with Gasteiger partial charge in [-0.1, -0.05) is 62.4 Å². The summed E-state index contributed by atoms with van der Waals surface area (Å²) >= 11 is 0. The molecule has 0 unspecified atom stereocenters. The fourth-order valence-electron chi connectivity index (χ4n) is 5.38. The molecule has 4 aromatic carbocycles. The lowest BCUT2D eigenvalue weighted by Crippen LogP contribution is -2.35. The van der Waals surface area contributed by atoms with E-state index in [9.17, 15) is 0 Å². The highest BCUT2D eigenvalue weighted by Crippen LogP contribution is 2.65. The first-order valence-electron chi connectivity index (χ1n) is 10.4. The van der Waals surface area contributed by atoms with Crippen LogP contribution in [0.5, 0.6) is 11.5 Å². The van der Waals surface area contributed by atoms with Crippen molar-refractivity contribution in [2.45, 2.75) is 19.3 Å². The molecule has 0 saturated carbocycles. The molecule has 3 aliphatic heterocycles. The van der Waals surface area contributed by atoms with Crippen molar-refractivity contribution < 1.29 is 4.74 Å². The Kier molecular flexibility index (Phi) is 2.82. The molecule has 0 fully saturated rings. The third kappa shape index (κ3) is 1.77. The highest BCUT2D eigenvalue weighted by molar-refractivity contribution is 6.07. The van der Waals surface area contributed by atoms with Crippen LogP contribution < -0.4 is 14.5 Å². The van der Waals surface area contributed by atoms with Crippen molar-refractivity contribution in [1.29, 1.82) is 0 Å². The maximum absolute atomic E-state index is 6.34. The topological polar surface area (TPSA) is 15.7 Å². The number of nitrogens with zero attached hydrogens (tertiary/aromatic N) is 2. The lowest BCUT2D eigenvalue weighted by atomic mass is 9.72. The van der Waals surface area contributed by atoms with E-state index in [0.717, 1.165) is 28.6 Å². The molecule has 144 valence electrons. The van der Waals surface area contributed by atoms with Crippen LogP contribution in [0.25, 0.3) is 0 Å². The minimum absolute atomic E-state index is 0.0840. The second kappa shape index (κ2) is 5.25. The molecule has 0 atom stereocenters. The van der Waals surface area contributed by atoms with Crippen LogP contribution >= 0.6 is 0 Å². The molecular formula is C27H20N2O. The van der Waals surface area contributed by atoms with Crippen molar-refractivity contribution in [3.8, 4) is 11.5 Å². The van der Waals surface area contributed by atoms with E-state index >= 15 is 0 Å². The SMILES string of the molecule is CC1(C)c2ccccc2N2c3cccc4c3N(c3ccccc3O4)c3cccc1c32. The summed E-state index contributed by atoms with van der Waals surface area (Å²) in [4.78, 5) is 4.81. The molecule has 3 nitrogen and oxygen atoms in total. The van der Waals surface area contributed by atoms with Crippen LogP contribution in [0.4, 0.5) is 34.1 Å². The average Bonchev–Trinajstić information content (AvgIpc) is 2.78. The Morgan fingerprint density at radius 2 is 1.10 bits per heavy atom. The first kappa shape index (κ1) is 16.1. The molecule has 3 heteroatoms.